The minimum absolute atomic E-state index is 0.124. The number of nitrogens with zero attached hydrogens (tertiary/aromatic N) is 1. The zero-order chi connectivity index (χ0) is 13.8. The molecule has 0 radical (unpaired) electrons. The number of rotatable bonds is 1. The van der Waals surface area contributed by atoms with E-state index in [1.165, 1.54) is 0 Å². The fourth-order valence-electron chi connectivity index (χ4n) is 1.98. The van der Waals surface area contributed by atoms with E-state index in [4.69, 9.17) is 16.3 Å². The number of halogens is 2. The van der Waals surface area contributed by atoms with Crippen molar-refractivity contribution in [2.75, 3.05) is 25.1 Å². The van der Waals surface area contributed by atoms with Crippen molar-refractivity contribution in [1.82, 2.24) is 4.90 Å². The number of nitrogens with one attached hydrogen (secondary N) is 1. The Morgan fingerprint density at radius 2 is 2.32 bits per heavy atom. The van der Waals surface area contributed by atoms with E-state index >= 15 is 0 Å². The highest BCUT2D eigenvalue weighted by Gasteiger charge is 2.22. The zero-order valence-corrected chi connectivity index (χ0v) is 13.0. The summed E-state index contributed by atoms with van der Waals surface area (Å²) in [5, 5.41) is 3.45. The van der Waals surface area contributed by atoms with Gasteiger partial charge in [0.2, 0.25) is 0 Å². The lowest BCUT2D eigenvalue weighted by atomic mass is 10.2. The minimum Gasteiger partial charge on any atom is -0.380 e. The molecule has 2 amide bonds. The van der Waals surface area contributed by atoms with E-state index in [2.05, 4.69) is 21.2 Å². The molecule has 2 rings (SSSR count). The highest BCUT2D eigenvalue weighted by molar-refractivity contribution is 9.10. The highest BCUT2D eigenvalue weighted by Crippen LogP contribution is 2.30. The second-order valence-electron chi connectivity index (χ2n) is 4.47. The van der Waals surface area contributed by atoms with E-state index in [0.29, 0.717) is 34.9 Å². The summed E-state index contributed by atoms with van der Waals surface area (Å²) in [6.07, 6.45) is 0.851. The molecule has 1 aliphatic heterocycles. The molecular weight excluding hydrogens is 332 g/mol. The second-order valence-corrected chi connectivity index (χ2v) is 5.68. The van der Waals surface area contributed by atoms with E-state index in [1.807, 2.05) is 13.0 Å². The molecule has 6 heteroatoms. The van der Waals surface area contributed by atoms with Gasteiger partial charge < -0.3 is 15.0 Å². The molecular formula is C13H16BrClN2O2. The molecule has 1 aliphatic rings. The van der Waals surface area contributed by atoms with Gasteiger partial charge in [0.25, 0.3) is 0 Å². The van der Waals surface area contributed by atoms with Gasteiger partial charge in [0.05, 0.1) is 21.8 Å². The van der Waals surface area contributed by atoms with Crippen molar-refractivity contribution in [3.63, 3.8) is 0 Å². The molecule has 1 heterocycles. The molecule has 19 heavy (non-hydrogen) atoms. The Morgan fingerprint density at radius 3 is 3.11 bits per heavy atom. The summed E-state index contributed by atoms with van der Waals surface area (Å²) in [6.45, 7) is 3.91. The Kier molecular flexibility index (Phi) is 5.07. The van der Waals surface area contributed by atoms with Crippen LogP contribution in [0.3, 0.4) is 0 Å². The van der Waals surface area contributed by atoms with Crippen LogP contribution in [0.15, 0.2) is 22.7 Å². The van der Waals surface area contributed by atoms with E-state index in [9.17, 15) is 4.79 Å². The summed E-state index contributed by atoms with van der Waals surface area (Å²) < 4.78 is 6.08. The van der Waals surface area contributed by atoms with Crippen molar-refractivity contribution < 1.29 is 9.53 Å². The number of carbonyl (C=O) groups is 1. The second kappa shape index (κ2) is 6.59. The summed E-state index contributed by atoms with van der Waals surface area (Å²) in [5.74, 6) is 0. The van der Waals surface area contributed by atoms with E-state index < -0.39 is 0 Å². The molecule has 1 aromatic rings. The number of benzene rings is 1. The van der Waals surface area contributed by atoms with Crippen LogP contribution in [0.4, 0.5) is 10.5 Å². The molecule has 1 N–H and O–H groups in total. The lowest BCUT2D eigenvalue weighted by Gasteiger charge is -2.26. The largest absolute Gasteiger partial charge is 0.380 e. The van der Waals surface area contributed by atoms with Crippen LogP contribution in [0.25, 0.3) is 0 Å². The third-order valence-electron chi connectivity index (χ3n) is 3.14. The molecule has 0 spiro atoms. The van der Waals surface area contributed by atoms with Crippen molar-refractivity contribution in [3.05, 3.63) is 27.7 Å². The third kappa shape index (κ3) is 3.61. The SMILES string of the molecule is CC1CCOCCN1C(=O)Nc1cccc(Cl)c1Br. The fraction of sp³-hybridized carbons (Fsp3) is 0.462. The molecule has 1 saturated heterocycles. The topological polar surface area (TPSA) is 41.6 Å². The van der Waals surface area contributed by atoms with Crippen LogP contribution >= 0.6 is 27.5 Å². The van der Waals surface area contributed by atoms with Crippen LogP contribution in [0, 0.1) is 0 Å². The molecule has 0 bridgehead atoms. The van der Waals surface area contributed by atoms with Gasteiger partial charge in [0.1, 0.15) is 0 Å². The first-order valence-corrected chi connectivity index (χ1v) is 7.36. The average molecular weight is 348 g/mol. The van der Waals surface area contributed by atoms with Gasteiger partial charge in [-0.25, -0.2) is 4.79 Å². The number of carbonyl (C=O) groups excluding carboxylic acids is 1. The number of hydrogen-bond donors (Lipinski definition) is 1. The van der Waals surface area contributed by atoms with E-state index in [-0.39, 0.29) is 12.1 Å². The number of anilines is 1. The number of amides is 2. The summed E-state index contributed by atoms with van der Waals surface area (Å²) in [6, 6.07) is 5.43. The van der Waals surface area contributed by atoms with Gasteiger partial charge in [-0.15, -0.1) is 0 Å². The van der Waals surface area contributed by atoms with Crippen LogP contribution in [0.2, 0.25) is 5.02 Å². The van der Waals surface area contributed by atoms with Crippen molar-refractivity contribution >= 4 is 39.2 Å². The lowest BCUT2D eigenvalue weighted by molar-refractivity contribution is 0.143. The lowest BCUT2D eigenvalue weighted by Crippen LogP contribution is -2.42. The summed E-state index contributed by atoms with van der Waals surface area (Å²) in [5.41, 5.74) is 0.676. The van der Waals surface area contributed by atoms with Crippen LogP contribution in [-0.4, -0.2) is 36.7 Å². The van der Waals surface area contributed by atoms with Crippen molar-refractivity contribution in [1.29, 1.82) is 0 Å². The molecule has 0 aromatic heterocycles. The predicted molar refractivity (Wildman–Crippen MR) is 79.8 cm³/mol. The fourth-order valence-corrected chi connectivity index (χ4v) is 2.52. The molecule has 1 aromatic carbocycles. The maximum absolute atomic E-state index is 12.3. The first-order valence-electron chi connectivity index (χ1n) is 6.19. The molecule has 1 fully saturated rings. The Labute approximate surface area is 126 Å². The molecule has 0 aliphatic carbocycles. The monoisotopic (exact) mass is 346 g/mol. The van der Waals surface area contributed by atoms with Crippen LogP contribution in [0.1, 0.15) is 13.3 Å². The quantitative estimate of drug-likeness (QED) is 0.840. The Morgan fingerprint density at radius 1 is 1.53 bits per heavy atom. The highest BCUT2D eigenvalue weighted by atomic mass is 79.9. The summed E-state index contributed by atoms with van der Waals surface area (Å²) in [7, 11) is 0. The van der Waals surface area contributed by atoms with Gasteiger partial charge in [-0.3, -0.25) is 0 Å². The van der Waals surface area contributed by atoms with Crippen LogP contribution in [0.5, 0.6) is 0 Å². The molecule has 1 atom stereocenters. The molecule has 0 saturated carbocycles. The zero-order valence-electron chi connectivity index (χ0n) is 10.7. The van der Waals surface area contributed by atoms with Gasteiger partial charge in [-0.05, 0) is 41.4 Å². The first kappa shape index (κ1) is 14.6. The van der Waals surface area contributed by atoms with Crippen LogP contribution < -0.4 is 5.32 Å². The summed E-state index contributed by atoms with van der Waals surface area (Å²) >= 11 is 9.38. The minimum atomic E-state index is -0.124. The molecule has 4 nitrogen and oxygen atoms in total. The van der Waals surface area contributed by atoms with Crippen molar-refractivity contribution in [2.45, 2.75) is 19.4 Å². The molecule has 1 unspecified atom stereocenters. The number of ether oxygens (including phenoxy) is 1. The van der Waals surface area contributed by atoms with Crippen molar-refractivity contribution in [2.24, 2.45) is 0 Å². The van der Waals surface area contributed by atoms with Crippen molar-refractivity contribution in [3.8, 4) is 0 Å². The average Bonchev–Trinajstić information content (AvgIpc) is 2.59. The van der Waals surface area contributed by atoms with Gasteiger partial charge in [0, 0.05) is 19.2 Å². The normalized spacial score (nSPS) is 19.9. The van der Waals surface area contributed by atoms with Crippen LogP contribution in [-0.2, 0) is 4.74 Å². The maximum atomic E-state index is 12.3. The van der Waals surface area contributed by atoms with Gasteiger partial charge in [-0.1, -0.05) is 17.7 Å². The molecule has 104 valence electrons. The standard InChI is InChI=1S/C13H16BrClN2O2/c1-9-5-7-19-8-6-17(9)13(18)16-11-4-2-3-10(15)12(11)14/h2-4,9H,5-8H2,1H3,(H,16,18). The maximum Gasteiger partial charge on any atom is 0.322 e. The van der Waals surface area contributed by atoms with E-state index in [0.717, 1.165) is 6.42 Å². The smallest absolute Gasteiger partial charge is 0.322 e. The first-order chi connectivity index (χ1) is 9.09. The Bertz CT molecular complexity index is 470. The Balaban J connectivity index is 2.09. The predicted octanol–water partition coefficient (Wildman–Crippen LogP) is 3.75. The van der Waals surface area contributed by atoms with Gasteiger partial charge >= 0.3 is 6.03 Å². The Hall–Kier alpha value is -0.780. The third-order valence-corrected chi connectivity index (χ3v) is 4.54. The van der Waals surface area contributed by atoms with Gasteiger partial charge in [-0.2, -0.15) is 0 Å². The summed E-state index contributed by atoms with van der Waals surface area (Å²) in [4.78, 5) is 14.1. The van der Waals surface area contributed by atoms with Gasteiger partial charge in [0.15, 0.2) is 0 Å². The van der Waals surface area contributed by atoms with E-state index in [1.54, 1.807) is 17.0 Å². The number of hydrogen-bond acceptors (Lipinski definition) is 2. The number of urea groups is 1.